The number of hydrogen-bond acceptors (Lipinski definition) is 4. The average Bonchev–Trinajstić information content (AvgIpc) is 2.48. The molecule has 0 aliphatic carbocycles. The van der Waals surface area contributed by atoms with Crippen LogP contribution in [-0.2, 0) is 4.79 Å². The molecule has 0 fully saturated rings. The van der Waals surface area contributed by atoms with E-state index in [1.165, 1.54) is 30.3 Å². The Kier molecular flexibility index (Phi) is 5.28. The van der Waals surface area contributed by atoms with Crippen molar-refractivity contribution in [3.8, 4) is 5.75 Å². The van der Waals surface area contributed by atoms with Crippen LogP contribution in [0.2, 0.25) is 0 Å². The number of halogens is 2. The summed E-state index contributed by atoms with van der Waals surface area (Å²) >= 11 is 3.13. The van der Waals surface area contributed by atoms with Gasteiger partial charge < -0.3 is 10.1 Å². The van der Waals surface area contributed by atoms with E-state index in [9.17, 15) is 19.3 Å². The van der Waals surface area contributed by atoms with Gasteiger partial charge in [0.05, 0.1) is 15.1 Å². The Labute approximate surface area is 139 Å². The van der Waals surface area contributed by atoms with E-state index in [2.05, 4.69) is 21.2 Å². The summed E-state index contributed by atoms with van der Waals surface area (Å²) in [6, 6.07) is 8.01. The molecule has 0 radical (unpaired) electrons. The first kappa shape index (κ1) is 16.9. The second-order valence-corrected chi connectivity index (χ2v) is 5.52. The SMILES string of the molecule is Cc1ccc([N+](=O)[O-])cc1NC(=O)COc1ccc(F)cc1Br. The second-order valence-electron chi connectivity index (χ2n) is 4.67. The van der Waals surface area contributed by atoms with Crippen LogP contribution in [-0.4, -0.2) is 17.4 Å². The molecular weight excluding hydrogens is 371 g/mol. The van der Waals surface area contributed by atoms with Crippen LogP contribution in [0.5, 0.6) is 5.75 Å². The monoisotopic (exact) mass is 382 g/mol. The van der Waals surface area contributed by atoms with Crippen LogP contribution < -0.4 is 10.1 Å². The quantitative estimate of drug-likeness (QED) is 0.629. The summed E-state index contributed by atoms with van der Waals surface area (Å²) in [6.45, 7) is 1.41. The molecule has 1 N–H and O–H groups in total. The minimum atomic E-state index is -0.540. The number of rotatable bonds is 5. The van der Waals surface area contributed by atoms with Crippen molar-refractivity contribution in [3.63, 3.8) is 0 Å². The average molecular weight is 383 g/mol. The largest absolute Gasteiger partial charge is 0.483 e. The molecule has 2 aromatic carbocycles. The summed E-state index contributed by atoms with van der Waals surface area (Å²) in [5, 5.41) is 13.3. The predicted octanol–water partition coefficient (Wildman–Crippen LogP) is 3.82. The van der Waals surface area contributed by atoms with E-state index in [0.717, 1.165) is 0 Å². The third-order valence-electron chi connectivity index (χ3n) is 2.96. The molecule has 0 saturated carbocycles. The first-order chi connectivity index (χ1) is 10.9. The predicted molar refractivity (Wildman–Crippen MR) is 86.1 cm³/mol. The van der Waals surface area contributed by atoms with E-state index in [4.69, 9.17) is 4.74 Å². The van der Waals surface area contributed by atoms with Crippen LogP contribution in [0.4, 0.5) is 15.8 Å². The summed E-state index contributed by atoms with van der Waals surface area (Å²) in [7, 11) is 0. The Balaban J connectivity index is 2.02. The summed E-state index contributed by atoms with van der Waals surface area (Å²) < 4.78 is 18.6. The fraction of sp³-hybridized carbons (Fsp3) is 0.133. The molecule has 0 aliphatic heterocycles. The van der Waals surface area contributed by atoms with Crippen molar-refractivity contribution in [3.05, 3.63) is 62.4 Å². The number of nitrogens with one attached hydrogen (secondary N) is 1. The molecule has 0 unspecified atom stereocenters. The maximum absolute atomic E-state index is 13.0. The summed E-state index contributed by atoms with van der Waals surface area (Å²) in [5.74, 6) is -0.594. The van der Waals surface area contributed by atoms with Gasteiger partial charge in [-0.25, -0.2) is 4.39 Å². The van der Waals surface area contributed by atoms with E-state index in [1.54, 1.807) is 13.0 Å². The smallest absolute Gasteiger partial charge is 0.271 e. The number of aryl methyl sites for hydroxylation is 1. The number of nitrogens with zero attached hydrogens (tertiary/aromatic N) is 1. The molecule has 0 aromatic heterocycles. The molecule has 0 heterocycles. The highest BCUT2D eigenvalue weighted by atomic mass is 79.9. The maximum atomic E-state index is 13.0. The zero-order valence-corrected chi connectivity index (χ0v) is 13.6. The number of carbonyl (C=O) groups is 1. The van der Waals surface area contributed by atoms with Crippen molar-refractivity contribution in [1.82, 2.24) is 0 Å². The molecule has 0 aliphatic rings. The fourth-order valence-electron chi connectivity index (χ4n) is 1.78. The Hall–Kier alpha value is -2.48. The number of ether oxygens (including phenoxy) is 1. The van der Waals surface area contributed by atoms with Gasteiger partial charge in [-0.2, -0.15) is 0 Å². The Morgan fingerprint density at radius 1 is 1.35 bits per heavy atom. The first-order valence-electron chi connectivity index (χ1n) is 6.49. The molecule has 23 heavy (non-hydrogen) atoms. The molecule has 120 valence electrons. The van der Waals surface area contributed by atoms with Crippen LogP contribution in [0.1, 0.15) is 5.56 Å². The molecule has 0 saturated heterocycles. The molecule has 2 aromatic rings. The van der Waals surface area contributed by atoms with Crippen molar-refractivity contribution >= 4 is 33.2 Å². The van der Waals surface area contributed by atoms with Gasteiger partial charge in [-0.3, -0.25) is 14.9 Å². The van der Waals surface area contributed by atoms with E-state index in [0.29, 0.717) is 21.5 Å². The van der Waals surface area contributed by atoms with Crippen LogP contribution >= 0.6 is 15.9 Å². The van der Waals surface area contributed by atoms with Crippen LogP contribution in [0.15, 0.2) is 40.9 Å². The first-order valence-corrected chi connectivity index (χ1v) is 7.29. The van der Waals surface area contributed by atoms with Crippen molar-refractivity contribution < 1.29 is 18.8 Å². The molecule has 8 heteroatoms. The third kappa shape index (κ3) is 4.49. The van der Waals surface area contributed by atoms with Crippen LogP contribution in [0.3, 0.4) is 0 Å². The van der Waals surface area contributed by atoms with E-state index < -0.39 is 16.6 Å². The van der Waals surface area contributed by atoms with Crippen molar-refractivity contribution in [2.24, 2.45) is 0 Å². The molecule has 0 spiro atoms. The van der Waals surface area contributed by atoms with Gasteiger partial charge in [-0.05, 0) is 46.6 Å². The lowest BCUT2D eigenvalue weighted by atomic mass is 10.2. The lowest BCUT2D eigenvalue weighted by Crippen LogP contribution is -2.20. The van der Waals surface area contributed by atoms with E-state index in [-0.39, 0.29) is 12.3 Å². The Morgan fingerprint density at radius 3 is 2.74 bits per heavy atom. The Morgan fingerprint density at radius 2 is 2.09 bits per heavy atom. The number of nitro benzene ring substituents is 1. The highest BCUT2D eigenvalue weighted by Crippen LogP contribution is 2.26. The van der Waals surface area contributed by atoms with Gasteiger partial charge in [-0.1, -0.05) is 6.07 Å². The molecule has 6 nitrogen and oxygen atoms in total. The lowest BCUT2D eigenvalue weighted by Gasteiger charge is -2.10. The molecular formula is C15H12BrFN2O4. The standard InChI is InChI=1S/C15H12BrFN2O4/c1-9-2-4-11(19(21)22)7-13(9)18-15(20)8-23-14-5-3-10(17)6-12(14)16/h2-7H,8H2,1H3,(H,18,20). The van der Waals surface area contributed by atoms with Gasteiger partial charge in [-0.15, -0.1) is 0 Å². The van der Waals surface area contributed by atoms with Gasteiger partial charge in [0.2, 0.25) is 0 Å². The zero-order chi connectivity index (χ0) is 17.0. The van der Waals surface area contributed by atoms with Crippen LogP contribution in [0, 0.1) is 22.9 Å². The molecule has 1 amide bonds. The highest BCUT2D eigenvalue weighted by molar-refractivity contribution is 9.10. The molecule has 0 bridgehead atoms. The van der Waals surface area contributed by atoms with Crippen molar-refractivity contribution in [1.29, 1.82) is 0 Å². The number of hydrogen-bond donors (Lipinski definition) is 1. The minimum Gasteiger partial charge on any atom is -0.483 e. The summed E-state index contributed by atoms with van der Waals surface area (Å²) in [5.41, 5.74) is 0.908. The van der Waals surface area contributed by atoms with Gasteiger partial charge in [0, 0.05) is 12.1 Å². The zero-order valence-electron chi connectivity index (χ0n) is 12.0. The maximum Gasteiger partial charge on any atom is 0.271 e. The number of benzene rings is 2. The number of carbonyl (C=O) groups excluding carboxylic acids is 1. The summed E-state index contributed by atoms with van der Waals surface area (Å²) in [6.07, 6.45) is 0. The number of nitro groups is 1. The summed E-state index contributed by atoms with van der Waals surface area (Å²) in [4.78, 5) is 22.1. The van der Waals surface area contributed by atoms with Gasteiger partial charge in [0.25, 0.3) is 11.6 Å². The van der Waals surface area contributed by atoms with E-state index in [1.807, 2.05) is 0 Å². The van der Waals surface area contributed by atoms with E-state index >= 15 is 0 Å². The number of amides is 1. The number of anilines is 1. The fourth-order valence-corrected chi connectivity index (χ4v) is 2.25. The van der Waals surface area contributed by atoms with Crippen molar-refractivity contribution in [2.75, 3.05) is 11.9 Å². The number of non-ortho nitro benzene ring substituents is 1. The van der Waals surface area contributed by atoms with Gasteiger partial charge in [0.15, 0.2) is 6.61 Å². The Bertz CT molecular complexity index is 767. The lowest BCUT2D eigenvalue weighted by molar-refractivity contribution is -0.384. The van der Waals surface area contributed by atoms with Gasteiger partial charge >= 0.3 is 0 Å². The van der Waals surface area contributed by atoms with Gasteiger partial charge in [0.1, 0.15) is 11.6 Å². The minimum absolute atomic E-state index is 0.118. The molecule has 2 rings (SSSR count). The van der Waals surface area contributed by atoms with Crippen LogP contribution in [0.25, 0.3) is 0 Å². The highest BCUT2D eigenvalue weighted by Gasteiger charge is 2.12. The third-order valence-corrected chi connectivity index (χ3v) is 3.58. The molecule has 0 atom stereocenters. The van der Waals surface area contributed by atoms with Crippen molar-refractivity contribution in [2.45, 2.75) is 6.92 Å². The second kappa shape index (κ2) is 7.19. The topological polar surface area (TPSA) is 81.5 Å². The normalized spacial score (nSPS) is 10.2.